The van der Waals surface area contributed by atoms with Gasteiger partial charge in [0.1, 0.15) is 22.7 Å². The van der Waals surface area contributed by atoms with Crippen LogP contribution in [0.5, 0.6) is 23.1 Å². The van der Waals surface area contributed by atoms with Gasteiger partial charge in [-0.15, -0.1) is 12.4 Å². The fraction of sp³-hybridized carbons (Fsp3) is 0.244. The average Bonchev–Trinajstić information content (AvgIpc) is 3.16. The van der Waals surface area contributed by atoms with E-state index < -0.39 is 11.7 Å². The lowest BCUT2D eigenvalue weighted by atomic mass is 10.1. The van der Waals surface area contributed by atoms with Gasteiger partial charge < -0.3 is 19.1 Å². The standard InChI is InChI=1S/C41H37BrClF3N4O4.ClH/c1-28-22-32(23-36(43)40(28)54-38-14-12-35(25-48-38)53-27-31-6-9-33(10-7-31)41(44,45)46)8-15-39(51)50-19-17-49(18-20-50)26-30-4-2-29(3-5-30)16-21-52-34-11-13-37(42)47-24-34;/h2-15,22-25H,16-21,26-27H2,1H3;1H. The van der Waals surface area contributed by atoms with Gasteiger partial charge in [-0.25, -0.2) is 9.97 Å². The zero-order chi connectivity index (χ0) is 38.1. The smallest absolute Gasteiger partial charge is 0.416 e. The van der Waals surface area contributed by atoms with Crippen LogP contribution in [0.1, 0.15) is 33.4 Å². The van der Waals surface area contributed by atoms with E-state index in [-0.39, 0.29) is 30.8 Å². The molecule has 1 amide bonds. The van der Waals surface area contributed by atoms with E-state index in [1.807, 2.05) is 30.0 Å². The zero-order valence-electron chi connectivity index (χ0n) is 29.8. The molecule has 1 saturated heterocycles. The van der Waals surface area contributed by atoms with Crippen molar-refractivity contribution in [3.8, 4) is 23.1 Å². The molecule has 3 aromatic carbocycles. The fourth-order valence-electron chi connectivity index (χ4n) is 5.76. The SMILES string of the molecule is Cc1cc(C=CC(=O)N2CCN(Cc3ccc(CCOc4ccc(Br)nc4)cc3)CC2)cc(Cl)c1Oc1ccc(OCc2ccc(C(F)(F)F)cc2)cn1.Cl. The quantitative estimate of drug-likeness (QED) is 0.0862. The summed E-state index contributed by atoms with van der Waals surface area (Å²) < 4.78 is 56.6. The first kappa shape index (κ1) is 41.5. The van der Waals surface area contributed by atoms with Crippen LogP contribution in [0.15, 0.2) is 108 Å². The minimum absolute atomic E-state index is 0. The maximum atomic E-state index is 13.0. The molecular weight excluding hydrogens is 820 g/mol. The lowest BCUT2D eigenvalue weighted by Crippen LogP contribution is -2.47. The number of aromatic nitrogens is 2. The summed E-state index contributed by atoms with van der Waals surface area (Å²) in [6.07, 6.45) is 2.90. The van der Waals surface area contributed by atoms with Crippen LogP contribution in [0.25, 0.3) is 6.08 Å². The monoisotopic (exact) mass is 856 g/mol. The molecule has 0 spiro atoms. The molecule has 2 aromatic heterocycles. The number of rotatable bonds is 13. The molecule has 5 aromatic rings. The number of hydrogen-bond acceptors (Lipinski definition) is 7. The second kappa shape index (κ2) is 19.3. The van der Waals surface area contributed by atoms with Crippen molar-refractivity contribution < 1.29 is 32.2 Å². The average molecular weight is 859 g/mol. The lowest BCUT2D eigenvalue weighted by molar-refractivity contribution is -0.137. The summed E-state index contributed by atoms with van der Waals surface area (Å²) in [7, 11) is 0. The van der Waals surface area contributed by atoms with E-state index in [9.17, 15) is 18.0 Å². The first-order chi connectivity index (χ1) is 26.0. The summed E-state index contributed by atoms with van der Waals surface area (Å²) in [4.78, 5) is 25.7. The van der Waals surface area contributed by atoms with Gasteiger partial charge in [0.15, 0.2) is 5.75 Å². The Morgan fingerprint density at radius 3 is 2.15 bits per heavy atom. The van der Waals surface area contributed by atoms with E-state index in [4.69, 9.17) is 25.8 Å². The highest BCUT2D eigenvalue weighted by Gasteiger charge is 2.30. The maximum Gasteiger partial charge on any atom is 0.416 e. The highest BCUT2D eigenvalue weighted by Crippen LogP contribution is 2.34. The number of aryl methyl sites for hydroxylation is 1. The molecule has 0 bridgehead atoms. The minimum Gasteiger partial charge on any atom is -0.492 e. The zero-order valence-corrected chi connectivity index (χ0v) is 32.9. The molecule has 288 valence electrons. The number of amides is 1. The lowest BCUT2D eigenvalue weighted by Gasteiger charge is -2.34. The number of carbonyl (C=O) groups excluding carboxylic acids is 1. The number of piperazine rings is 1. The van der Waals surface area contributed by atoms with Gasteiger partial charge in [-0.05, 0) is 99.2 Å². The Morgan fingerprint density at radius 2 is 1.51 bits per heavy atom. The number of nitrogens with zero attached hydrogens (tertiary/aromatic N) is 4. The topological polar surface area (TPSA) is 77.0 Å². The van der Waals surface area contributed by atoms with E-state index in [1.54, 1.807) is 36.5 Å². The van der Waals surface area contributed by atoms with Crippen molar-refractivity contribution in [1.82, 2.24) is 19.8 Å². The van der Waals surface area contributed by atoms with Crippen LogP contribution in [-0.4, -0.2) is 58.5 Å². The van der Waals surface area contributed by atoms with Crippen LogP contribution in [-0.2, 0) is 30.5 Å². The first-order valence-corrected chi connectivity index (χ1v) is 18.4. The van der Waals surface area contributed by atoms with Crippen LogP contribution in [0, 0.1) is 6.92 Å². The molecule has 55 heavy (non-hydrogen) atoms. The predicted octanol–water partition coefficient (Wildman–Crippen LogP) is 9.99. The predicted molar refractivity (Wildman–Crippen MR) is 212 cm³/mol. The van der Waals surface area contributed by atoms with Gasteiger partial charge in [-0.2, -0.15) is 13.2 Å². The molecule has 0 aliphatic carbocycles. The van der Waals surface area contributed by atoms with Gasteiger partial charge in [0.2, 0.25) is 11.8 Å². The number of halogens is 6. The second-order valence-electron chi connectivity index (χ2n) is 12.7. The van der Waals surface area contributed by atoms with Crippen LogP contribution in [0.2, 0.25) is 5.02 Å². The van der Waals surface area contributed by atoms with Crippen molar-refractivity contribution in [3.05, 3.63) is 146 Å². The number of alkyl halides is 3. The van der Waals surface area contributed by atoms with Gasteiger partial charge in [0.05, 0.1) is 29.6 Å². The summed E-state index contributed by atoms with van der Waals surface area (Å²) >= 11 is 9.91. The molecular formula is C41H38BrCl2F3N4O4. The third kappa shape index (κ3) is 12.2. The Hall–Kier alpha value is -4.62. The molecule has 1 fully saturated rings. The third-order valence-corrected chi connectivity index (χ3v) is 9.50. The van der Waals surface area contributed by atoms with Crippen molar-refractivity contribution in [2.45, 2.75) is 32.7 Å². The molecule has 0 unspecified atom stereocenters. The van der Waals surface area contributed by atoms with Gasteiger partial charge in [-0.3, -0.25) is 9.69 Å². The van der Waals surface area contributed by atoms with Crippen LogP contribution in [0.4, 0.5) is 13.2 Å². The van der Waals surface area contributed by atoms with Crippen molar-refractivity contribution in [3.63, 3.8) is 0 Å². The fourth-order valence-corrected chi connectivity index (χ4v) is 6.31. The largest absolute Gasteiger partial charge is 0.492 e. The van der Waals surface area contributed by atoms with Gasteiger partial charge in [0, 0.05) is 51.3 Å². The highest BCUT2D eigenvalue weighted by atomic mass is 79.9. The Labute approximate surface area is 337 Å². The third-order valence-electron chi connectivity index (χ3n) is 8.75. The van der Waals surface area contributed by atoms with Gasteiger partial charge in [-0.1, -0.05) is 48.0 Å². The summed E-state index contributed by atoms with van der Waals surface area (Å²) in [6, 6.07) is 24.0. The minimum atomic E-state index is -4.39. The van der Waals surface area contributed by atoms with Crippen LogP contribution in [0.3, 0.4) is 0 Å². The summed E-state index contributed by atoms with van der Waals surface area (Å²) in [6.45, 7) is 6.19. The molecule has 0 radical (unpaired) electrons. The van der Waals surface area contributed by atoms with Gasteiger partial charge in [0.25, 0.3) is 0 Å². The first-order valence-electron chi connectivity index (χ1n) is 17.2. The molecule has 8 nitrogen and oxygen atoms in total. The second-order valence-corrected chi connectivity index (χ2v) is 14.0. The van der Waals surface area contributed by atoms with Crippen LogP contribution >= 0.6 is 39.9 Å². The summed E-state index contributed by atoms with van der Waals surface area (Å²) in [5, 5.41) is 0.361. The number of carbonyl (C=O) groups is 1. The molecule has 3 heterocycles. The van der Waals surface area contributed by atoms with E-state index >= 15 is 0 Å². The van der Waals surface area contributed by atoms with Crippen molar-refractivity contribution >= 4 is 51.9 Å². The van der Waals surface area contributed by atoms with Gasteiger partial charge >= 0.3 is 6.18 Å². The van der Waals surface area contributed by atoms with Crippen LogP contribution < -0.4 is 14.2 Å². The molecule has 0 atom stereocenters. The summed E-state index contributed by atoms with van der Waals surface area (Å²) in [5.41, 5.74) is 3.83. The van der Waals surface area contributed by atoms with E-state index in [1.165, 1.54) is 29.5 Å². The Bertz CT molecular complexity index is 2020. The maximum absolute atomic E-state index is 13.0. The Morgan fingerprint density at radius 1 is 0.855 bits per heavy atom. The number of benzene rings is 3. The number of ether oxygens (including phenoxy) is 3. The summed E-state index contributed by atoms with van der Waals surface area (Å²) in [5.74, 6) is 1.83. The molecule has 1 aliphatic heterocycles. The molecule has 14 heteroatoms. The van der Waals surface area contributed by atoms with Crippen molar-refractivity contribution in [2.24, 2.45) is 0 Å². The van der Waals surface area contributed by atoms with E-state index in [2.05, 4.69) is 55.1 Å². The molecule has 6 rings (SSSR count). The molecule has 0 N–H and O–H groups in total. The van der Waals surface area contributed by atoms with E-state index in [0.717, 1.165) is 59.7 Å². The molecule has 1 aliphatic rings. The normalized spacial score (nSPS) is 13.4. The number of hydrogen-bond donors (Lipinski definition) is 0. The molecule has 0 saturated carbocycles. The highest BCUT2D eigenvalue weighted by molar-refractivity contribution is 9.10. The van der Waals surface area contributed by atoms with Crippen molar-refractivity contribution in [2.75, 3.05) is 32.8 Å². The Balaban J connectivity index is 0.00000580. The number of pyridine rings is 2. The van der Waals surface area contributed by atoms with Crippen molar-refractivity contribution in [1.29, 1.82) is 0 Å². The van der Waals surface area contributed by atoms with E-state index in [0.29, 0.717) is 41.8 Å². The Kier molecular flexibility index (Phi) is 14.6.